The quantitative estimate of drug-likeness (QED) is 0.412. The van der Waals surface area contributed by atoms with Crippen molar-refractivity contribution in [3.8, 4) is 0 Å². The van der Waals surface area contributed by atoms with Crippen LogP contribution >= 0.6 is 0 Å². The molecule has 0 amide bonds. The Morgan fingerprint density at radius 2 is 1.57 bits per heavy atom. The summed E-state index contributed by atoms with van der Waals surface area (Å²) < 4.78 is 2.35. The molecule has 8 bridgehead atoms. The van der Waals surface area contributed by atoms with Gasteiger partial charge in [0.1, 0.15) is 0 Å². The van der Waals surface area contributed by atoms with E-state index in [1.807, 2.05) is 18.2 Å². The molecule has 2 N–H and O–H groups in total. The van der Waals surface area contributed by atoms with Gasteiger partial charge in [-0.1, -0.05) is 0 Å². The van der Waals surface area contributed by atoms with Gasteiger partial charge in [0.25, 0.3) is 0 Å². The molecule has 4 nitrogen and oxygen atoms in total. The first kappa shape index (κ1) is 12.9. The molecule has 2 aliphatic heterocycles. The number of rotatable bonds is 0. The van der Waals surface area contributed by atoms with E-state index in [1.54, 1.807) is 0 Å². The predicted octanol–water partition coefficient (Wildman–Crippen LogP) is 3.71. The molecular weight excluding hydrogens is 351 g/mol. The third kappa shape index (κ3) is 2.40. The van der Waals surface area contributed by atoms with Crippen LogP contribution in [0.1, 0.15) is 21.6 Å². The van der Waals surface area contributed by atoms with E-state index in [9.17, 15) is 0 Å². The van der Waals surface area contributed by atoms with Crippen LogP contribution in [0.2, 0.25) is 0 Å². The molecule has 0 radical (unpaired) electrons. The monoisotopic (exact) mass is 364 g/mol. The zero-order chi connectivity index (χ0) is 15.2. The maximum absolute atomic E-state index is 4.69. The Morgan fingerprint density at radius 1 is 0.739 bits per heavy atom. The number of H-pyrrole nitrogens is 2. The van der Waals surface area contributed by atoms with Gasteiger partial charge in [0, 0.05) is 0 Å². The molecule has 0 aliphatic carbocycles. The Bertz CT molecular complexity index is 1120. The van der Waals surface area contributed by atoms with Crippen molar-refractivity contribution in [2.45, 2.75) is 0 Å². The van der Waals surface area contributed by atoms with E-state index in [0.29, 0.717) is 0 Å². The van der Waals surface area contributed by atoms with Crippen LogP contribution in [0.15, 0.2) is 36.4 Å². The topological polar surface area (TPSA) is 57.4 Å². The molecule has 3 aromatic rings. The van der Waals surface area contributed by atoms with Crippen LogP contribution in [0.25, 0.3) is 45.2 Å². The van der Waals surface area contributed by atoms with Gasteiger partial charge in [-0.3, -0.25) is 0 Å². The summed E-state index contributed by atoms with van der Waals surface area (Å²) in [5.74, 6) is 0. The van der Waals surface area contributed by atoms with Gasteiger partial charge in [0.15, 0.2) is 0 Å². The zero-order valence-electron chi connectivity index (χ0n) is 12.1. The fraction of sp³-hybridized carbons (Fsp3) is 0. The number of nitrogens with zero attached hydrogens (tertiary/aromatic N) is 2. The third-order valence-corrected chi connectivity index (χ3v) is 5.66. The van der Waals surface area contributed by atoms with E-state index in [2.05, 4.69) is 57.4 Å². The first-order chi connectivity index (χ1) is 11.3. The van der Waals surface area contributed by atoms with Crippen molar-refractivity contribution >= 4 is 59.7 Å². The van der Waals surface area contributed by atoms with Crippen LogP contribution in [0, 0.1) is 0 Å². The molecule has 5 heterocycles. The summed E-state index contributed by atoms with van der Waals surface area (Å²) in [6.45, 7) is 0. The Balaban J connectivity index is 1.90. The van der Waals surface area contributed by atoms with E-state index in [4.69, 9.17) is 4.98 Å². The van der Waals surface area contributed by atoms with Crippen LogP contribution in [0.3, 0.4) is 0 Å². The summed E-state index contributed by atoms with van der Waals surface area (Å²) in [6.07, 6.45) is 8.22. The fourth-order valence-corrected chi connectivity index (χ4v) is 4.43. The number of nitrogens with one attached hydrogen (secondary N) is 2. The van der Waals surface area contributed by atoms with Crippen molar-refractivity contribution in [3.05, 3.63) is 58.0 Å². The van der Waals surface area contributed by atoms with Crippen LogP contribution in [-0.2, 0) is 0 Å². The van der Waals surface area contributed by atoms with Crippen molar-refractivity contribution in [3.63, 3.8) is 0 Å². The van der Waals surface area contributed by atoms with E-state index in [1.165, 1.54) is 4.39 Å². The molecule has 23 heavy (non-hydrogen) atoms. The summed E-state index contributed by atoms with van der Waals surface area (Å²) in [7, 11) is 0. The molecule has 5 rings (SSSR count). The fourth-order valence-electron chi connectivity index (χ4n) is 2.72. The second-order valence-electron chi connectivity index (χ2n) is 5.46. The molecule has 3 aromatic heterocycles. The number of hydrogen-bond acceptors (Lipinski definition) is 2. The molecule has 0 saturated heterocycles. The average molecular weight is 363 g/mol. The van der Waals surface area contributed by atoms with Gasteiger partial charge in [-0.15, -0.1) is 0 Å². The number of fused-ring (bicyclic) bond motifs is 9. The van der Waals surface area contributed by atoms with Crippen molar-refractivity contribution in [1.82, 2.24) is 19.9 Å². The number of aromatic amines is 2. The first-order valence-electron chi connectivity index (χ1n) is 7.35. The van der Waals surface area contributed by atoms with Gasteiger partial charge in [0.2, 0.25) is 0 Å². The Morgan fingerprint density at radius 3 is 2.57 bits per heavy atom. The molecule has 0 fully saturated rings. The normalized spacial score (nSPS) is 12.9. The minimum atomic E-state index is 0.184. The molecule has 0 aromatic carbocycles. The minimum absolute atomic E-state index is 0.184. The Kier molecular flexibility index (Phi) is 2.77. The summed E-state index contributed by atoms with van der Waals surface area (Å²) in [5, 5.41) is 0. The van der Waals surface area contributed by atoms with Crippen molar-refractivity contribution in [1.29, 1.82) is 0 Å². The van der Waals surface area contributed by atoms with Crippen LogP contribution in [0.5, 0.6) is 0 Å². The first-order valence-corrected chi connectivity index (χ1v) is 9.06. The predicted molar refractivity (Wildman–Crippen MR) is 95.8 cm³/mol. The van der Waals surface area contributed by atoms with Gasteiger partial charge in [-0.2, -0.15) is 0 Å². The van der Waals surface area contributed by atoms with Crippen molar-refractivity contribution in [2.75, 3.05) is 0 Å². The molecule has 0 atom stereocenters. The van der Waals surface area contributed by atoms with Gasteiger partial charge >= 0.3 is 138 Å². The van der Waals surface area contributed by atoms with Gasteiger partial charge < -0.3 is 0 Å². The summed E-state index contributed by atoms with van der Waals surface area (Å²) >= 11 is 0.184. The van der Waals surface area contributed by atoms with E-state index in [0.717, 1.165) is 38.2 Å². The summed E-state index contributed by atoms with van der Waals surface area (Å²) in [5.41, 5.74) is 6.05. The van der Waals surface area contributed by atoms with E-state index in [-0.39, 0.29) is 14.5 Å². The maximum atomic E-state index is 4.69. The van der Waals surface area contributed by atoms with Crippen molar-refractivity contribution in [2.24, 2.45) is 0 Å². The van der Waals surface area contributed by atoms with Crippen molar-refractivity contribution < 1.29 is 0 Å². The van der Waals surface area contributed by atoms with E-state index >= 15 is 0 Å². The summed E-state index contributed by atoms with van der Waals surface area (Å²) in [4.78, 5) is 16.2. The SMILES string of the molecule is C1=Cc2nc1cc1nc(c3ccc(cc4ccc([nH]4)[se]2)[nH]3)C=C1. The molecule has 0 saturated carbocycles. The Labute approximate surface area is 138 Å². The molecule has 0 spiro atoms. The van der Waals surface area contributed by atoms with Crippen LogP contribution < -0.4 is 0 Å². The van der Waals surface area contributed by atoms with Gasteiger partial charge in [0.05, 0.1) is 0 Å². The summed E-state index contributed by atoms with van der Waals surface area (Å²) in [6, 6.07) is 12.5. The molecule has 110 valence electrons. The van der Waals surface area contributed by atoms with Gasteiger partial charge in [-0.05, 0) is 0 Å². The Hall–Kier alpha value is -2.62. The molecule has 5 heteroatoms. The molecule has 2 aliphatic rings. The number of hydrogen-bond donors (Lipinski definition) is 2. The standard InChI is InChI=1S/C18H12N4Se/c1-5-15-16-6-2-12(20-16)10-14-4-8-18(22-14)23-17-7-3-13(21-17)9-11(1)19-15/h1-10,19,21H. The number of aromatic nitrogens is 4. The third-order valence-electron chi connectivity index (χ3n) is 3.79. The van der Waals surface area contributed by atoms with Crippen LogP contribution in [0.4, 0.5) is 0 Å². The molecule has 0 unspecified atom stereocenters. The second-order valence-corrected chi connectivity index (χ2v) is 7.69. The van der Waals surface area contributed by atoms with E-state index < -0.39 is 0 Å². The average Bonchev–Trinajstić information content (AvgIpc) is 3.28. The van der Waals surface area contributed by atoms with Gasteiger partial charge in [-0.25, -0.2) is 0 Å². The zero-order valence-corrected chi connectivity index (χ0v) is 13.8. The van der Waals surface area contributed by atoms with Crippen LogP contribution in [-0.4, -0.2) is 34.4 Å². The second kappa shape index (κ2) is 4.95. The molecular formula is C18H12N4Se.